The minimum absolute atomic E-state index is 0.0974. The van der Waals surface area contributed by atoms with Crippen molar-refractivity contribution in [3.63, 3.8) is 0 Å². The molecule has 0 aliphatic rings. The molecule has 0 atom stereocenters. The van der Waals surface area contributed by atoms with Gasteiger partial charge in [0.1, 0.15) is 0 Å². The summed E-state index contributed by atoms with van der Waals surface area (Å²) in [5.41, 5.74) is 4.08. The Labute approximate surface area is 109 Å². The second-order valence-electron chi connectivity index (χ2n) is 3.62. The lowest BCUT2D eigenvalue weighted by Gasteiger charge is -2.09. The molecule has 1 heterocycles. The van der Waals surface area contributed by atoms with Crippen molar-refractivity contribution in [2.75, 3.05) is 5.43 Å². The maximum Gasteiger partial charge on any atom is 0.0747 e. The molecule has 0 amide bonds. The largest absolute Gasteiger partial charge is 0.545 e. The van der Waals surface area contributed by atoms with Gasteiger partial charge < -0.3 is 9.90 Å². The molecule has 4 nitrogen and oxygen atoms in total. The molecule has 5 heteroatoms. The average molecular weight is 259 g/mol. The molecule has 0 saturated heterocycles. The number of carbonyl (C=O) groups is 1. The van der Waals surface area contributed by atoms with Gasteiger partial charge in [-0.1, -0.05) is 24.3 Å². The first-order valence-corrected chi connectivity index (χ1v) is 6.21. The predicted molar refractivity (Wildman–Crippen MR) is 70.9 cm³/mol. The van der Waals surface area contributed by atoms with E-state index < -0.39 is 5.97 Å². The lowest BCUT2D eigenvalue weighted by molar-refractivity contribution is -0.254. The molecule has 0 aliphatic heterocycles. The number of carboxylic acid groups (broad SMARTS) is 1. The van der Waals surface area contributed by atoms with E-state index in [0.29, 0.717) is 5.69 Å². The predicted octanol–water partition coefficient (Wildman–Crippen LogP) is 1.95. The number of rotatable bonds is 4. The number of nitrogens with zero attached hydrogens (tertiary/aromatic N) is 1. The normalized spacial score (nSPS) is 11.3. The van der Waals surface area contributed by atoms with E-state index in [4.69, 9.17) is 0 Å². The Hall–Kier alpha value is -2.14. The minimum atomic E-state index is -1.22. The maximum absolute atomic E-state index is 10.9. The van der Waals surface area contributed by atoms with Gasteiger partial charge in [0.25, 0.3) is 0 Å². The SMILES string of the molecule is C/C(=N\Nc1ccccc1C(=O)[O-])c1cccs1. The number of benzene rings is 1. The zero-order valence-corrected chi connectivity index (χ0v) is 10.5. The Balaban J connectivity index is 2.20. The smallest absolute Gasteiger partial charge is 0.0747 e. The molecule has 0 bridgehead atoms. The number of hydrazone groups is 1. The topological polar surface area (TPSA) is 64.5 Å². The van der Waals surface area contributed by atoms with E-state index in [2.05, 4.69) is 10.5 Å². The van der Waals surface area contributed by atoms with E-state index in [1.54, 1.807) is 29.5 Å². The second kappa shape index (κ2) is 5.46. The van der Waals surface area contributed by atoms with Crippen molar-refractivity contribution < 1.29 is 9.90 Å². The third-order valence-corrected chi connectivity index (χ3v) is 3.35. The summed E-state index contributed by atoms with van der Waals surface area (Å²) in [5, 5.41) is 17.0. The zero-order valence-electron chi connectivity index (χ0n) is 9.71. The minimum Gasteiger partial charge on any atom is -0.545 e. The van der Waals surface area contributed by atoms with Gasteiger partial charge in [0.2, 0.25) is 0 Å². The number of carboxylic acids is 1. The van der Waals surface area contributed by atoms with Crippen LogP contribution >= 0.6 is 11.3 Å². The second-order valence-corrected chi connectivity index (χ2v) is 4.57. The standard InChI is InChI=1S/C13H12N2O2S/c1-9(12-7-4-8-18-12)14-15-11-6-3-2-5-10(11)13(16)17/h2-8,15H,1H3,(H,16,17)/p-1/b14-9+. The van der Waals surface area contributed by atoms with Gasteiger partial charge in [-0.15, -0.1) is 11.3 Å². The van der Waals surface area contributed by atoms with E-state index in [-0.39, 0.29) is 5.56 Å². The van der Waals surface area contributed by atoms with Gasteiger partial charge >= 0.3 is 0 Å². The van der Waals surface area contributed by atoms with Crippen LogP contribution in [0.1, 0.15) is 22.2 Å². The summed E-state index contributed by atoms with van der Waals surface area (Å²) in [5.74, 6) is -1.22. The van der Waals surface area contributed by atoms with E-state index in [1.165, 1.54) is 6.07 Å². The van der Waals surface area contributed by atoms with Crippen molar-refractivity contribution in [1.82, 2.24) is 0 Å². The lowest BCUT2D eigenvalue weighted by Crippen LogP contribution is -2.23. The molecule has 0 unspecified atom stereocenters. The molecule has 18 heavy (non-hydrogen) atoms. The summed E-state index contributed by atoms with van der Waals surface area (Å²) in [6, 6.07) is 10.4. The highest BCUT2D eigenvalue weighted by Crippen LogP contribution is 2.15. The summed E-state index contributed by atoms with van der Waals surface area (Å²) in [7, 11) is 0. The number of anilines is 1. The highest BCUT2D eigenvalue weighted by molar-refractivity contribution is 7.12. The number of hydrogen-bond donors (Lipinski definition) is 1. The third-order valence-electron chi connectivity index (χ3n) is 2.37. The number of carbonyl (C=O) groups excluding carboxylic acids is 1. The highest BCUT2D eigenvalue weighted by Gasteiger charge is 2.02. The summed E-state index contributed by atoms with van der Waals surface area (Å²) in [6.45, 7) is 1.86. The molecule has 1 aromatic carbocycles. The highest BCUT2D eigenvalue weighted by atomic mass is 32.1. The Kier molecular flexibility index (Phi) is 3.74. The fraction of sp³-hybridized carbons (Fsp3) is 0.0769. The van der Waals surface area contributed by atoms with Gasteiger partial charge in [0.05, 0.1) is 17.4 Å². The first-order valence-electron chi connectivity index (χ1n) is 5.33. The van der Waals surface area contributed by atoms with Crippen molar-refractivity contribution in [2.24, 2.45) is 5.10 Å². The summed E-state index contributed by atoms with van der Waals surface area (Å²) in [4.78, 5) is 11.9. The Bertz CT molecular complexity index is 576. The van der Waals surface area contributed by atoms with Gasteiger partial charge in [-0.05, 0) is 24.4 Å². The number of para-hydroxylation sites is 1. The van der Waals surface area contributed by atoms with E-state index in [0.717, 1.165) is 10.6 Å². The molecule has 0 fully saturated rings. The van der Waals surface area contributed by atoms with Gasteiger partial charge in [-0.2, -0.15) is 5.10 Å². The molecule has 92 valence electrons. The van der Waals surface area contributed by atoms with Crippen LogP contribution in [-0.4, -0.2) is 11.7 Å². The summed E-state index contributed by atoms with van der Waals surface area (Å²) >= 11 is 1.58. The van der Waals surface area contributed by atoms with Gasteiger partial charge in [0, 0.05) is 10.4 Å². The van der Waals surface area contributed by atoms with Gasteiger partial charge in [-0.25, -0.2) is 0 Å². The maximum atomic E-state index is 10.9. The fourth-order valence-corrected chi connectivity index (χ4v) is 2.12. The lowest BCUT2D eigenvalue weighted by atomic mass is 10.2. The van der Waals surface area contributed by atoms with Crippen LogP contribution in [0, 0.1) is 0 Å². The molecule has 1 aromatic heterocycles. The fourth-order valence-electron chi connectivity index (χ4n) is 1.44. The zero-order chi connectivity index (χ0) is 13.0. The summed E-state index contributed by atoms with van der Waals surface area (Å²) < 4.78 is 0. The van der Waals surface area contributed by atoms with Crippen LogP contribution in [-0.2, 0) is 0 Å². The number of hydrogen-bond acceptors (Lipinski definition) is 5. The quantitative estimate of drug-likeness (QED) is 0.674. The van der Waals surface area contributed by atoms with E-state index in [9.17, 15) is 9.90 Å². The Morgan fingerprint density at radius 3 is 2.72 bits per heavy atom. The molecular weight excluding hydrogens is 248 g/mol. The van der Waals surface area contributed by atoms with Crippen molar-refractivity contribution in [2.45, 2.75) is 6.92 Å². The molecule has 1 N–H and O–H groups in total. The Morgan fingerprint density at radius 2 is 2.06 bits per heavy atom. The molecule has 0 aliphatic carbocycles. The van der Waals surface area contributed by atoms with Crippen LogP contribution in [0.4, 0.5) is 5.69 Å². The van der Waals surface area contributed by atoms with Gasteiger partial charge in [0.15, 0.2) is 0 Å². The molecule has 0 saturated carbocycles. The van der Waals surface area contributed by atoms with Crippen LogP contribution in [0.2, 0.25) is 0 Å². The number of aromatic carboxylic acids is 1. The van der Waals surface area contributed by atoms with E-state index in [1.807, 2.05) is 24.4 Å². The van der Waals surface area contributed by atoms with Crippen molar-refractivity contribution >= 4 is 28.7 Å². The van der Waals surface area contributed by atoms with Gasteiger partial charge in [-0.3, -0.25) is 5.43 Å². The molecule has 0 spiro atoms. The molecular formula is C13H11N2O2S-. The van der Waals surface area contributed by atoms with Crippen molar-refractivity contribution in [1.29, 1.82) is 0 Å². The number of nitrogens with one attached hydrogen (secondary N) is 1. The number of thiophene rings is 1. The van der Waals surface area contributed by atoms with Crippen LogP contribution in [0.15, 0.2) is 46.9 Å². The first kappa shape index (κ1) is 12.3. The summed E-state index contributed by atoms with van der Waals surface area (Å²) in [6.07, 6.45) is 0. The third kappa shape index (κ3) is 2.75. The molecule has 2 aromatic rings. The van der Waals surface area contributed by atoms with E-state index >= 15 is 0 Å². The van der Waals surface area contributed by atoms with Crippen molar-refractivity contribution in [3.05, 3.63) is 52.2 Å². The monoisotopic (exact) mass is 259 g/mol. The first-order chi connectivity index (χ1) is 8.68. The van der Waals surface area contributed by atoms with Crippen LogP contribution in [0.25, 0.3) is 0 Å². The van der Waals surface area contributed by atoms with Crippen LogP contribution in [0.3, 0.4) is 0 Å². The molecule has 0 radical (unpaired) electrons. The average Bonchev–Trinajstić information content (AvgIpc) is 2.90. The molecule has 2 rings (SSSR count). The van der Waals surface area contributed by atoms with Crippen molar-refractivity contribution in [3.8, 4) is 0 Å². The Morgan fingerprint density at radius 1 is 1.28 bits per heavy atom. The van der Waals surface area contributed by atoms with Crippen LogP contribution < -0.4 is 10.5 Å². The van der Waals surface area contributed by atoms with Crippen LogP contribution in [0.5, 0.6) is 0 Å².